The van der Waals surface area contributed by atoms with Gasteiger partial charge in [-0.3, -0.25) is 4.79 Å². The third kappa shape index (κ3) is 3.25. The maximum Gasteiger partial charge on any atom is 0.167 e. The van der Waals surface area contributed by atoms with Crippen LogP contribution in [0.1, 0.15) is 25.0 Å². The maximum absolute atomic E-state index is 11.1. The molecule has 0 N–H and O–H groups in total. The average Bonchev–Trinajstić information content (AvgIpc) is 2.55. The highest BCUT2D eigenvalue weighted by Gasteiger charge is 2.14. The lowest BCUT2D eigenvalue weighted by atomic mass is 10.0. The molecule has 1 aromatic carbocycles. The van der Waals surface area contributed by atoms with Crippen LogP contribution in [0.15, 0.2) is 35.9 Å². The van der Waals surface area contributed by atoms with Gasteiger partial charge in [-0.25, -0.2) is 0 Å². The van der Waals surface area contributed by atoms with Gasteiger partial charge in [0.25, 0.3) is 0 Å². The van der Waals surface area contributed by atoms with Crippen LogP contribution in [0.4, 0.5) is 0 Å². The second-order valence-corrected chi connectivity index (χ2v) is 4.67. The first-order chi connectivity index (χ1) is 9.10. The van der Waals surface area contributed by atoms with Crippen LogP contribution in [-0.2, 0) is 16.0 Å². The topological polar surface area (TPSA) is 35.5 Å². The molecule has 0 aromatic heterocycles. The van der Waals surface area contributed by atoms with E-state index in [4.69, 9.17) is 9.47 Å². The Bertz CT molecular complexity index is 553. The average molecular weight is 258 g/mol. The zero-order valence-corrected chi connectivity index (χ0v) is 11.5. The Morgan fingerprint density at radius 1 is 1.37 bits per heavy atom. The van der Waals surface area contributed by atoms with E-state index < -0.39 is 0 Å². The Hall–Kier alpha value is -2.03. The number of benzene rings is 1. The van der Waals surface area contributed by atoms with Crippen LogP contribution in [0.5, 0.6) is 5.75 Å². The van der Waals surface area contributed by atoms with Crippen molar-refractivity contribution < 1.29 is 14.3 Å². The molecule has 0 unspecified atom stereocenters. The van der Waals surface area contributed by atoms with Crippen LogP contribution >= 0.6 is 0 Å². The Morgan fingerprint density at radius 3 is 2.84 bits per heavy atom. The van der Waals surface area contributed by atoms with Crippen LogP contribution in [0, 0.1) is 0 Å². The van der Waals surface area contributed by atoms with Crippen molar-refractivity contribution in [1.82, 2.24) is 0 Å². The van der Waals surface area contributed by atoms with Crippen molar-refractivity contribution in [2.75, 3.05) is 13.7 Å². The van der Waals surface area contributed by atoms with Crippen LogP contribution in [0.3, 0.4) is 0 Å². The molecule has 1 aliphatic carbocycles. The van der Waals surface area contributed by atoms with E-state index >= 15 is 0 Å². The third-order valence-corrected chi connectivity index (χ3v) is 3.02. The Balaban J connectivity index is 2.40. The Morgan fingerprint density at radius 2 is 2.16 bits per heavy atom. The fraction of sp³-hybridized carbons (Fsp3) is 0.312. The van der Waals surface area contributed by atoms with Gasteiger partial charge in [-0.2, -0.15) is 0 Å². The van der Waals surface area contributed by atoms with Gasteiger partial charge in [0.05, 0.1) is 7.11 Å². The molecule has 0 aliphatic heterocycles. The van der Waals surface area contributed by atoms with Gasteiger partial charge in [-0.15, -0.1) is 0 Å². The maximum atomic E-state index is 11.1. The zero-order chi connectivity index (χ0) is 13.8. The number of methoxy groups -OCH3 is 1. The normalized spacial score (nSPS) is 13.8. The van der Waals surface area contributed by atoms with Gasteiger partial charge in [-0.1, -0.05) is 17.7 Å². The summed E-state index contributed by atoms with van der Waals surface area (Å²) in [6.07, 6.45) is 4.97. The SMILES string of the molecule is COc1ccc2c(c1)C(OCC(C)=O)=CC(C)=CC2. The minimum absolute atomic E-state index is 0.0104. The molecule has 0 bridgehead atoms. The largest absolute Gasteiger partial charge is 0.497 e. The van der Waals surface area contributed by atoms with Gasteiger partial charge in [0.1, 0.15) is 18.1 Å². The number of fused-ring (bicyclic) bond motifs is 1. The van der Waals surface area contributed by atoms with Crippen molar-refractivity contribution in [2.24, 2.45) is 0 Å². The van der Waals surface area contributed by atoms with Crippen molar-refractivity contribution in [1.29, 1.82) is 0 Å². The molecule has 0 saturated heterocycles. The zero-order valence-electron chi connectivity index (χ0n) is 11.5. The standard InChI is InChI=1S/C16H18O3/c1-11-4-5-13-6-7-14(18-3)9-15(13)16(8-11)19-10-12(2)17/h4,6-9H,5,10H2,1-3H3. The predicted octanol–water partition coefficient (Wildman–Crippen LogP) is 3.14. The molecule has 0 fully saturated rings. The first kappa shape index (κ1) is 13.4. The Kier molecular flexibility index (Phi) is 4.05. The van der Waals surface area contributed by atoms with Crippen LogP contribution in [0.25, 0.3) is 5.76 Å². The lowest BCUT2D eigenvalue weighted by Gasteiger charge is -2.13. The van der Waals surface area contributed by atoms with Gasteiger partial charge in [0.2, 0.25) is 0 Å². The summed E-state index contributed by atoms with van der Waals surface area (Å²) < 4.78 is 10.9. The van der Waals surface area contributed by atoms with E-state index in [2.05, 4.69) is 6.08 Å². The third-order valence-electron chi connectivity index (χ3n) is 3.02. The molecule has 1 aliphatic rings. The summed E-state index contributed by atoms with van der Waals surface area (Å²) in [6.45, 7) is 3.64. The van der Waals surface area contributed by atoms with Crippen LogP contribution < -0.4 is 4.74 Å². The van der Waals surface area contributed by atoms with Gasteiger partial charge in [0.15, 0.2) is 5.78 Å². The molecule has 0 saturated carbocycles. The molecule has 1 aromatic rings. The molecule has 0 heterocycles. The number of carbonyl (C=O) groups excluding carboxylic acids is 1. The van der Waals surface area contributed by atoms with Gasteiger partial charge in [0, 0.05) is 5.56 Å². The van der Waals surface area contributed by atoms with Crippen LogP contribution in [-0.4, -0.2) is 19.5 Å². The molecule has 3 heteroatoms. The monoisotopic (exact) mass is 258 g/mol. The van der Waals surface area contributed by atoms with Crippen molar-refractivity contribution in [3.05, 3.63) is 47.1 Å². The molecular weight excluding hydrogens is 240 g/mol. The summed E-state index contributed by atoms with van der Waals surface area (Å²) in [5, 5.41) is 0. The van der Waals surface area contributed by atoms with E-state index in [1.165, 1.54) is 12.5 Å². The minimum atomic E-state index is 0.0104. The fourth-order valence-corrected chi connectivity index (χ4v) is 2.00. The lowest BCUT2D eigenvalue weighted by Crippen LogP contribution is -2.04. The number of allylic oxidation sites excluding steroid dienone is 3. The quantitative estimate of drug-likeness (QED) is 0.832. The molecular formula is C16H18O3. The number of rotatable bonds is 4. The van der Waals surface area contributed by atoms with Gasteiger partial charge < -0.3 is 9.47 Å². The molecule has 0 amide bonds. The minimum Gasteiger partial charge on any atom is -0.497 e. The lowest BCUT2D eigenvalue weighted by molar-refractivity contribution is -0.119. The van der Waals surface area contributed by atoms with E-state index in [-0.39, 0.29) is 12.4 Å². The molecule has 0 spiro atoms. The number of hydrogen-bond acceptors (Lipinski definition) is 3. The summed E-state index contributed by atoms with van der Waals surface area (Å²) in [4.78, 5) is 11.1. The van der Waals surface area contributed by atoms with E-state index in [0.717, 1.165) is 29.1 Å². The fourth-order valence-electron chi connectivity index (χ4n) is 2.00. The summed E-state index contributed by atoms with van der Waals surface area (Å²) in [6, 6.07) is 5.93. The van der Waals surface area contributed by atoms with E-state index in [1.54, 1.807) is 7.11 Å². The molecule has 19 heavy (non-hydrogen) atoms. The second kappa shape index (κ2) is 5.74. The first-order valence-electron chi connectivity index (χ1n) is 6.28. The van der Waals surface area contributed by atoms with Crippen molar-refractivity contribution in [3.63, 3.8) is 0 Å². The van der Waals surface area contributed by atoms with E-state index in [1.807, 2.05) is 31.2 Å². The van der Waals surface area contributed by atoms with E-state index in [0.29, 0.717) is 0 Å². The van der Waals surface area contributed by atoms with Crippen molar-refractivity contribution in [3.8, 4) is 5.75 Å². The highest BCUT2D eigenvalue weighted by Crippen LogP contribution is 2.29. The smallest absolute Gasteiger partial charge is 0.167 e. The summed E-state index contributed by atoms with van der Waals surface area (Å²) >= 11 is 0. The van der Waals surface area contributed by atoms with E-state index in [9.17, 15) is 4.79 Å². The molecule has 0 atom stereocenters. The summed E-state index contributed by atoms with van der Waals surface area (Å²) in [5.41, 5.74) is 3.30. The van der Waals surface area contributed by atoms with Crippen LogP contribution in [0.2, 0.25) is 0 Å². The van der Waals surface area contributed by atoms with Crippen molar-refractivity contribution in [2.45, 2.75) is 20.3 Å². The van der Waals surface area contributed by atoms with Gasteiger partial charge >= 0.3 is 0 Å². The summed E-state index contributed by atoms with van der Waals surface area (Å²) in [5.74, 6) is 1.53. The van der Waals surface area contributed by atoms with Crippen molar-refractivity contribution >= 4 is 11.5 Å². The highest BCUT2D eigenvalue weighted by atomic mass is 16.5. The highest BCUT2D eigenvalue weighted by molar-refractivity contribution is 5.78. The molecule has 3 nitrogen and oxygen atoms in total. The Labute approximate surface area is 113 Å². The number of ketones is 1. The predicted molar refractivity (Wildman–Crippen MR) is 75.1 cm³/mol. The number of Topliss-reactive ketones (excluding diaryl/α,β-unsaturated/α-hetero) is 1. The second-order valence-electron chi connectivity index (χ2n) is 4.67. The molecule has 100 valence electrons. The number of hydrogen-bond donors (Lipinski definition) is 0. The summed E-state index contributed by atoms with van der Waals surface area (Å²) in [7, 11) is 1.64. The van der Waals surface area contributed by atoms with Gasteiger partial charge in [-0.05, 0) is 44.0 Å². The molecule has 2 rings (SSSR count). The number of carbonyl (C=O) groups is 1. The molecule has 0 radical (unpaired) electrons. The first-order valence-corrected chi connectivity index (χ1v) is 6.28. The number of ether oxygens (including phenoxy) is 2.